The number of H-pyrrole nitrogens is 1. The first-order valence-corrected chi connectivity index (χ1v) is 9.70. The molecule has 1 amide bonds. The van der Waals surface area contributed by atoms with Gasteiger partial charge in [-0.1, -0.05) is 0 Å². The molecular formula is C17H20N6O3S. The third kappa shape index (κ3) is 3.37. The third-order valence-electron chi connectivity index (χ3n) is 4.94. The Hall–Kier alpha value is -2.59. The monoisotopic (exact) mass is 388 g/mol. The number of carboxylic acid groups (broad SMARTS) is 1. The number of likely N-dealkylation sites (tertiary alicyclic amines) is 1. The van der Waals surface area contributed by atoms with Crippen LogP contribution in [0.2, 0.25) is 0 Å². The molecule has 9 nitrogen and oxygen atoms in total. The van der Waals surface area contributed by atoms with Crippen molar-refractivity contribution in [1.29, 1.82) is 0 Å². The molecule has 2 aliphatic rings. The number of aliphatic carboxylic acids is 1. The van der Waals surface area contributed by atoms with Crippen LogP contribution in [0.25, 0.3) is 11.0 Å². The number of aromatic amines is 1. The van der Waals surface area contributed by atoms with E-state index in [9.17, 15) is 14.7 Å². The number of nitrogens with two attached hydrogens (primary N) is 1. The van der Waals surface area contributed by atoms with E-state index in [0.717, 1.165) is 29.1 Å². The number of carbonyl (C=O) groups excluding carboxylic acids is 1. The number of aromatic nitrogens is 3. The first-order valence-electron chi connectivity index (χ1n) is 8.71. The molecule has 142 valence electrons. The number of anilines is 1. The number of nitrogens with zero attached hydrogens (tertiary/aromatic N) is 4. The molecule has 2 atom stereocenters. The molecule has 0 unspecified atom stereocenters. The Labute approximate surface area is 159 Å². The second-order valence-electron chi connectivity index (χ2n) is 6.62. The van der Waals surface area contributed by atoms with Gasteiger partial charge in [0, 0.05) is 43.8 Å². The van der Waals surface area contributed by atoms with Crippen molar-refractivity contribution in [3.63, 3.8) is 0 Å². The number of fused-ring (bicyclic) bond motifs is 1. The van der Waals surface area contributed by atoms with Gasteiger partial charge in [-0.15, -0.1) is 11.8 Å². The van der Waals surface area contributed by atoms with Crippen molar-refractivity contribution < 1.29 is 14.7 Å². The fourth-order valence-corrected chi connectivity index (χ4v) is 4.46. The minimum Gasteiger partial charge on any atom is -0.481 e. The Morgan fingerprint density at radius 3 is 2.96 bits per heavy atom. The molecule has 0 saturated carbocycles. The van der Waals surface area contributed by atoms with E-state index < -0.39 is 17.9 Å². The topological polar surface area (TPSA) is 128 Å². The van der Waals surface area contributed by atoms with Crippen LogP contribution in [-0.2, 0) is 9.59 Å². The van der Waals surface area contributed by atoms with Crippen LogP contribution in [0.3, 0.4) is 0 Å². The normalized spacial score (nSPS) is 23.4. The molecule has 1 fully saturated rings. The molecule has 4 rings (SSSR count). The number of rotatable bonds is 3. The minimum atomic E-state index is -0.897. The van der Waals surface area contributed by atoms with E-state index in [0.29, 0.717) is 17.9 Å². The lowest BCUT2D eigenvalue weighted by Crippen LogP contribution is -2.53. The summed E-state index contributed by atoms with van der Waals surface area (Å²) in [5.41, 5.74) is 6.73. The lowest BCUT2D eigenvalue weighted by Gasteiger charge is -2.36. The highest BCUT2D eigenvalue weighted by Crippen LogP contribution is 2.30. The van der Waals surface area contributed by atoms with Crippen LogP contribution >= 0.6 is 11.8 Å². The first kappa shape index (κ1) is 17.8. The van der Waals surface area contributed by atoms with Gasteiger partial charge in [0.05, 0.1) is 16.2 Å². The number of carboxylic acids is 1. The summed E-state index contributed by atoms with van der Waals surface area (Å²) in [6.07, 6.45) is 5.51. The van der Waals surface area contributed by atoms with E-state index in [2.05, 4.69) is 15.0 Å². The lowest BCUT2D eigenvalue weighted by molar-refractivity contribution is -0.145. The summed E-state index contributed by atoms with van der Waals surface area (Å²) in [7, 11) is 0. The molecule has 27 heavy (non-hydrogen) atoms. The van der Waals surface area contributed by atoms with Crippen molar-refractivity contribution in [2.24, 2.45) is 11.7 Å². The van der Waals surface area contributed by atoms with Gasteiger partial charge in [-0.3, -0.25) is 9.59 Å². The average Bonchev–Trinajstić information content (AvgIpc) is 3.16. The molecule has 0 aromatic carbocycles. The highest BCUT2D eigenvalue weighted by atomic mass is 32.2. The number of hydrogen-bond acceptors (Lipinski definition) is 7. The fourth-order valence-electron chi connectivity index (χ4n) is 3.50. The van der Waals surface area contributed by atoms with Crippen molar-refractivity contribution in [2.45, 2.75) is 12.5 Å². The van der Waals surface area contributed by atoms with Crippen molar-refractivity contribution in [3.8, 4) is 0 Å². The van der Waals surface area contributed by atoms with Crippen LogP contribution in [0.5, 0.6) is 0 Å². The molecule has 0 aliphatic carbocycles. The second kappa shape index (κ2) is 7.20. The maximum Gasteiger partial charge on any atom is 0.308 e. The molecule has 1 saturated heterocycles. The van der Waals surface area contributed by atoms with Crippen LogP contribution < -0.4 is 10.6 Å². The summed E-state index contributed by atoms with van der Waals surface area (Å²) in [5, 5.41) is 10.1. The molecule has 10 heteroatoms. The van der Waals surface area contributed by atoms with Gasteiger partial charge in [-0.05, 0) is 12.5 Å². The smallest absolute Gasteiger partial charge is 0.308 e. The third-order valence-corrected chi connectivity index (χ3v) is 5.92. The molecule has 0 radical (unpaired) electrons. The molecule has 4 N–H and O–H groups in total. The number of hydrogen-bond donors (Lipinski definition) is 3. The van der Waals surface area contributed by atoms with E-state index in [1.54, 1.807) is 4.90 Å². The van der Waals surface area contributed by atoms with Crippen molar-refractivity contribution in [1.82, 2.24) is 19.9 Å². The van der Waals surface area contributed by atoms with E-state index in [4.69, 9.17) is 5.73 Å². The molecule has 2 aromatic heterocycles. The highest BCUT2D eigenvalue weighted by Gasteiger charge is 2.35. The van der Waals surface area contributed by atoms with Crippen LogP contribution in [-0.4, -0.2) is 68.3 Å². The Balaban J connectivity index is 1.54. The van der Waals surface area contributed by atoms with Gasteiger partial charge >= 0.3 is 5.97 Å². The summed E-state index contributed by atoms with van der Waals surface area (Å²) < 4.78 is 0. The van der Waals surface area contributed by atoms with E-state index in [-0.39, 0.29) is 12.5 Å². The summed E-state index contributed by atoms with van der Waals surface area (Å²) in [5.74, 6) is -0.0882. The Morgan fingerprint density at radius 2 is 2.19 bits per heavy atom. The Bertz CT molecular complexity index is 913. The summed E-state index contributed by atoms with van der Waals surface area (Å²) in [4.78, 5) is 40.0. The van der Waals surface area contributed by atoms with Crippen LogP contribution in [0.15, 0.2) is 29.7 Å². The maximum absolute atomic E-state index is 12.9. The number of amides is 1. The van der Waals surface area contributed by atoms with E-state index >= 15 is 0 Å². The summed E-state index contributed by atoms with van der Waals surface area (Å²) >= 11 is 1.50. The van der Waals surface area contributed by atoms with Crippen molar-refractivity contribution in [3.05, 3.63) is 29.7 Å². The SMILES string of the molecule is N[C@H]1CN(C(=O)C2=CN(c3ncnc4[nH]ccc34)CCS2)CC[C@@H]1C(=O)O. The Morgan fingerprint density at radius 1 is 1.33 bits per heavy atom. The molecule has 0 bridgehead atoms. The van der Waals surface area contributed by atoms with Crippen LogP contribution in [0.1, 0.15) is 6.42 Å². The summed E-state index contributed by atoms with van der Waals surface area (Å²) in [6.45, 7) is 1.39. The zero-order chi connectivity index (χ0) is 19.0. The number of carbonyl (C=O) groups is 2. The number of thioether (sulfide) groups is 1. The van der Waals surface area contributed by atoms with Crippen molar-refractivity contribution in [2.75, 3.05) is 30.3 Å². The van der Waals surface area contributed by atoms with Gasteiger partial charge in [0.1, 0.15) is 17.8 Å². The average molecular weight is 388 g/mol. The van der Waals surface area contributed by atoms with Gasteiger partial charge in [0.25, 0.3) is 5.91 Å². The predicted octanol–water partition coefficient (Wildman–Crippen LogP) is 0.613. The maximum atomic E-state index is 12.9. The number of piperidine rings is 1. The lowest BCUT2D eigenvalue weighted by atomic mass is 9.92. The standard InChI is InChI=1S/C17H20N6O3S/c18-12-7-23(4-2-10(12)17(25)26)16(24)13-8-22(5-6-27-13)15-11-1-3-19-14(11)20-9-21-15/h1,3,8-10,12H,2,4-7,18H2,(H,25,26)(H,19,20,21)/t10-,12-/m0/s1. The van der Waals surface area contributed by atoms with Crippen molar-refractivity contribution >= 4 is 40.5 Å². The predicted molar refractivity (Wildman–Crippen MR) is 102 cm³/mol. The highest BCUT2D eigenvalue weighted by molar-refractivity contribution is 8.04. The van der Waals surface area contributed by atoms with Crippen LogP contribution in [0.4, 0.5) is 5.82 Å². The van der Waals surface area contributed by atoms with E-state index in [1.807, 2.05) is 23.4 Å². The zero-order valence-corrected chi connectivity index (χ0v) is 15.4. The minimum absolute atomic E-state index is 0.108. The molecule has 4 heterocycles. The van der Waals surface area contributed by atoms with Gasteiger partial charge in [0.15, 0.2) is 0 Å². The molecule has 2 aliphatic heterocycles. The first-order chi connectivity index (χ1) is 13.0. The van der Waals surface area contributed by atoms with Crippen LogP contribution in [0, 0.1) is 5.92 Å². The molecule has 2 aromatic rings. The fraction of sp³-hybridized carbons (Fsp3) is 0.412. The molecule has 0 spiro atoms. The van der Waals surface area contributed by atoms with Gasteiger partial charge in [-0.25, -0.2) is 9.97 Å². The van der Waals surface area contributed by atoms with Gasteiger partial charge in [0.2, 0.25) is 0 Å². The Kier molecular flexibility index (Phi) is 4.75. The largest absolute Gasteiger partial charge is 0.481 e. The zero-order valence-electron chi connectivity index (χ0n) is 14.5. The number of nitrogens with one attached hydrogen (secondary N) is 1. The van der Waals surface area contributed by atoms with Gasteiger partial charge in [-0.2, -0.15) is 0 Å². The van der Waals surface area contributed by atoms with E-state index in [1.165, 1.54) is 18.1 Å². The quantitative estimate of drug-likeness (QED) is 0.698. The second-order valence-corrected chi connectivity index (χ2v) is 7.76. The molecular weight excluding hydrogens is 368 g/mol. The summed E-state index contributed by atoms with van der Waals surface area (Å²) in [6, 6.07) is 1.36. The van der Waals surface area contributed by atoms with Gasteiger partial charge < -0.3 is 25.6 Å².